The van der Waals surface area contributed by atoms with Crippen LogP contribution in [-0.2, 0) is 13.0 Å². The molecule has 2 heterocycles. The minimum Gasteiger partial charge on any atom is -0.338 e. The van der Waals surface area contributed by atoms with E-state index in [2.05, 4.69) is 15.0 Å². The van der Waals surface area contributed by atoms with E-state index in [0.29, 0.717) is 11.9 Å². The number of nitrogens with zero attached hydrogens (tertiary/aromatic N) is 3. The summed E-state index contributed by atoms with van der Waals surface area (Å²) in [7, 11) is 0. The molecule has 2 rings (SSSR count). The van der Waals surface area contributed by atoms with Crippen LogP contribution in [0.5, 0.6) is 0 Å². The summed E-state index contributed by atoms with van der Waals surface area (Å²) in [6, 6.07) is 0.488. The van der Waals surface area contributed by atoms with Crippen molar-refractivity contribution in [1.29, 1.82) is 0 Å². The average molecular weight is 210 g/mol. The second-order valence-corrected chi connectivity index (χ2v) is 3.96. The van der Waals surface area contributed by atoms with Crippen molar-refractivity contribution in [3.8, 4) is 0 Å². The largest absolute Gasteiger partial charge is 0.338 e. The second kappa shape index (κ2) is 4.72. The molecule has 1 unspecified atom stereocenters. The molecule has 1 aromatic rings. The Labute approximate surface area is 89.6 Å². The maximum absolute atomic E-state index is 5.70. The fraction of sp³-hybridized carbons (Fsp3) is 0.800. The summed E-state index contributed by atoms with van der Waals surface area (Å²) in [5, 5.41) is 3.88. The van der Waals surface area contributed by atoms with Gasteiger partial charge in [-0.1, -0.05) is 12.1 Å². The predicted molar refractivity (Wildman–Crippen MR) is 56.2 cm³/mol. The van der Waals surface area contributed by atoms with Crippen LogP contribution in [0.3, 0.4) is 0 Å². The molecule has 0 amide bonds. The van der Waals surface area contributed by atoms with Gasteiger partial charge in [0.05, 0.1) is 6.54 Å². The number of hydrogen-bond donors (Lipinski definition) is 1. The zero-order chi connectivity index (χ0) is 10.7. The quantitative estimate of drug-likeness (QED) is 0.786. The summed E-state index contributed by atoms with van der Waals surface area (Å²) in [4.78, 5) is 6.63. The normalized spacial score (nSPS) is 22.4. The fourth-order valence-electron chi connectivity index (χ4n) is 2.04. The molecular formula is C10H18N4O. The van der Waals surface area contributed by atoms with E-state index in [9.17, 15) is 0 Å². The van der Waals surface area contributed by atoms with Crippen molar-refractivity contribution in [2.45, 2.75) is 38.8 Å². The standard InChI is InChI=1S/C10H18N4O/c1-2-9-12-10(15-13-9)7-14-5-3-4-8(14)6-11/h8H,2-7,11H2,1H3. The van der Waals surface area contributed by atoms with E-state index in [1.165, 1.54) is 12.8 Å². The Balaban J connectivity index is 1.95. The predicted octanol–water partition coefficient (Wildman–Crippen LogP) is 0.555. The summed E-state index contributed by atoms with van der Waals surface area (Å²) in [5.74, 6) is 1.50. The molecule has 1 aliphatic heterocycles. The third kappa shape index (κ3) is 2.35. The van der Waals surface area contributed by atoms with Crippen molar-refractivity contribution in [2.24, 2.45) is 5.73 Å². The third-order valence-corrected chi connectivity index (χ3v) is 2.94. The number of nitrogens with two attached hydrogens (primary N) is 1. The van der Waals surface area contributed by atoms with Gasteiger partial charge >= 0.3 is 0 Å². The Morgan fingerprint density at radius 2 is 2.47 bits per heavy atom. The van der Waals surface area contributed by atoms with Crippen LogP contribution in [-0.4, -0.2) is 34.2 Å². The van der Waals surface area contributed by atoms with E-state index in [1.807, 2.05) is 6.92 Å². The minimum atomic E-state index is 0.488. The molecule has 0 aromatic carbocycles. The van der Waals surface area contributed by atoms with E-state index in [1.54, 1.807) is 0 Å². The van der Waals surface area contributed by atoms with Crippen LogP contribution in [0.2, 0.25) is 0 Å². The first kappa shape index (κ1) is 10.6. The molecule has 0 bridgehead atoms. The van der Waals surface area contributed by atoms with Gasteiger partial charge < -0.3 is 10.3 Å². The van der Waals surface area contributed by atoms with E-state index >= 15 is 0 Å². The number of hydrogen-bond acceptors (Lipinski definition) is 5. The Morgan fingerprint density at radius 3 is 3.13 bits per heavy atom. The van der Waals surface area contributed by atoms with E-state index in [4.69, 9.17) is 10.3 Å². The Hall–Kier alpha value is -0.940. The van der Waals surface area contributed by atoms with Crippen molar-refractivity contribution in [3.05, 3.63) is 11.7 Å². The SMILES string of the molecule is CCc1noc(CN2CCCC2CN)n1. The van der Waals surface area contributed by atoms with Crippen LogP contribution >= 0.6 is 0 Å². The maximum Gasteiger partial charge on any atom is 0.240 e. The monoisotopic (exact) mass is 210 g/mol. The first-order valence-corrected chi connectivity index (χ1v) is 5.59. The van der Waals surface area contributed by atoms with Crippen LogP contribution in [0.25, 0.3) is 0 Å². The van der Waals surface area contributed by atoms with Crippen LogP contribution in [0.4, 0.5) is 0 Å². The van der Waals surface area contributed by atoms with Gasteiger partial charge in [-0.15, -0.1) is 0 Å². The van der Waals surface area contributed by atoms with Gasteiger partial charge in [0.15, 0.2) is 5.82 Å². The lowest BCUT2D eigenvalue weighted by atomic mass is 10.2. The van der Waals surface area contributed by atoms with Gasteiger partial charge in [-0.25, -0.2) is 0 Å². The number of aryl methyl sites for hydroxylation is 1. The van der Waals surface area contributed by atoms with E-state index in [-0.39, 0.29) is 0 Å². The summed E-state index contributed by atoms with van der Waals surface area (Å²) in [6.45, 7) is 4.57. The summed E-state index contributed by atoms with van der Waals surface area (Å²) in [6.07, 6.45) is 3.23. The molecule has 1 aromatic heterocycles. The molecule has 0 saturated carbocycles. The summed E-state index contributed by atoms with van der Waals surface area (Å²) >= 11 is 0. The average Bonchev–Trinajstić information content (AvgIpc) is 2.87. The summed E-state index contributed by atoms with van der Waals surface area (Å²) < 4.78 is 5.17. The van der Waals surface area contributed by atoms with Crippen LogP contribution in [0.15, 0.2) is 4.52 Å². The number of likely N-dealkylation sites (tertiary alicyclic amines) is 1. The first-order valence-electron chi connectivity index (χ1n) is 5.59. The van der Waals surface area contributed by atoms with Crippen molar-refractivity contribution in [1.82, 2.24) is 15.0 Å². The molecule has 0 spiro atoms. The van der Waals surface area contributed by atoms with E-state index < -0.39 is 0 Å². The van der Waals surface area contributed by atoms with Crippen molar-refractivity contribution < 1.29 is 4.52 Å². The van der Waals surface area contributed by atoms with Gasteiger partial charge in [0.2, 0.25) is 5.89 Å². The molecule has 5 nitrogen and oxygen atoms in total. The smallest absolute Gasteiger partial charge is 0.240 e. The molecule has 15 heavy (non-hydrogen) atoms. The van der Waals surface area contributed by atoms with Gasteiger partial charge in [0.1, 0.15) is 0 Å². The Bertz CT molecular complexity index is 312. The van der Waals surface area contributed by atoms with Gasteiger partial charge in [0.25, 0.3) is 0 Å². The Kier molecular flexibility index (Phi) is 3.33. The molecule has 1 saturated heterocycles. The number of rotatable bonds is 4. The van der Waals surface area contributed by atoms with Crippen LogP contribution in [0, 0.1) is 0 Å². The molecule has 1 fully saturated rings. The van der Waals surface area contributed by atoms with Gasteiger partial charge in [0, 0.05) is 19.0 Å². The molecule has 0 aliphatic carbocycles. The van der Waals surface area contributed by atoms with Crippen LogP contribution < -0.4 is 5.73 Å². The van der Waals surface area contributed by atoms with E-state index in [0.717, 1.165) is 31.9 Å². The first-order chi connectivity index (χ1) is 7.33. The topological polar surface area (TPSA) is 68.2 Å². The van der Waals surface area contributed by atoms with Crippen molar-refractivity contribution in [2.75, 3.05) is 13.1 Å². The second-order valence-electron chi connectivity index (χ2n) is 3.96. The van der Waals surface area contributed by atoms with Crippen LogP contribution in [0.1, 0.15) is 31.5 Å². The lowest BCUT2D eigenvalue weighted by Gasteiger charge is -2.20. The summed E-state index contributed by atoms with van der Waals surface area (Å²) in [5.41, 5.74) is 5.70. The highest BCUT2D eigenvalue weighted by Crippen LogP contribution is 2.18. The lowest BCUT2D eigenvalue weighted by Crippen LogP contribution is -2.34. The van der Waals surface area contributed by atoms with Gasteiger partial charge in [-0.2, -0.15) is 4.98 Å². The van der Waals surface area contributed by atoms with Crippen molar-refractivity contribution in [3.63, 3.8) is 0 Å². The molecule has 1 aliphatic rings. The zero-order valence-electron chi connectivity index (χ0n) is 9.15. The molecule has 0 radical (unpaired) electrons. The fourth-order valence-corrected chi connectivity index (χ4v) is 2.04. The lowest BCUT2D eigenvalue weighted by molar-refractivity contribution is 0.214. The third-order valence-electron chi connectivity index (χ3n) is 2.94. The highest BCUT2D eigenvalue weighted by molar-refractivity contribution is 4.88. The molecule has 5 heteroatoms. The minimum absolute atomic E-state index is 0.488. The molecule has 1 atom stereocenters. The van der Waals surface area contributed by atoms with Crippen molar-refractivity contribution >= 4 is 0 Å². The van der Waals surface area contributed by atoms with Gasteiger partial charge in [-0.3, -0.25) is 4.90 Å². The maximum atomic E-state index is 5.70. The molecule has 84 valence electrons. The highest BCUT2D eigenvalue weighted by Gasteiger charge is 2.24. The molecular weight excluding hydrogens is 192 g/mol. The zero-order valence-corrected chi connectivity index (χ0v) is 9.15. The van der Waals surface area contributed by atoms with Gasteiger partial charge in [-0.05, 0) is 19.4 Å². The highest BCUT2D eigenvalue weighted by atomic mass is 16.5. The molecule has 2 N–H and O–H groups in total. The Morgan fingerprint density at radius 1 is 1.60 bits per heavy atom. The number of aromatic nitrogens is 2.